The number of fused-ring (bicyclic) bond motifs is 1. The van der Waals surface area contributed by atoms with Crippen LogP contribution in [-0.4, -0.2) is 23.6 Å². The van der Waals surface area contributed by atoms with Crippen molar-refractivity contribution in [3.8, 4) is 0 Å². The quantitative estimate of drug-likeness (QED) is 0.724. The minimum atomic E-state index is 0.319. The van der Waals surface area contributed by atoms with Crippen LogP contribution in [0.3, 0.4) is 0 Å². The summed E-state index contributed by atoms with van der Waals surface area (Å²) in [6.07, 6.45) is 8.60. The van der Waals surface area contributed by atoms with E-state index in [1.54, 1.807) is 0 Å². The number of rotatable bonds is 6. The Balaban J connectivity index is 1.48. The Labute approximate surface area is 108 Å². The summed E-state index contributed by atoms with van der Waals surface area (Å²) in [6.45, 7) is 2.77. The Morgan fingerprint density at radius 1 is 1.33 bits per heavy atom. The minimum Gasteiger partial charge on any atom is -0.381 e. The Hall–Kier alpha value is -1.09. The smallest absolute Gasteiger partial charge is 0.164 e. The van der Waals surface area contributed by atoms with E-state index < -0.39 is 0 Å². The predicted molar refractivity (Wildman–Crippen MR) is 69.9 cm³/mol. The molecule has 18 heavy (non-hydrogen) atoms. The molecule has 0 spiro atoms. The molecular formula is C15H21NO2. The number of ketones is 1. The molecular weight excluding hydrogens is 226 g/mol. The van der Waals surface area contributed by atoms with Gasteiger partial charge >= 0.3 is 0 Å². The summed E-state index contributed by atoms with van der Waals surface area (Å²) in [6, 6.07) is 1.99. The van der Waals surface area contributed by atoms with Gasteiger partial charge in [-0.15, -0.1) is 0 Å². The van der Waals surface area contributed by atoms with E-state index in [9.17, 15) is 4.79 Å². The SMILES string of the molecule is O=C1CCCc2c1ccn2CCCOCC1CC1. The lowest BCUT2D eigenvalue weighted by Gasteiger charge is -2.14. The lowest BCUT2D eigenvalue weighted by molar-refractivity contribution is 0.0971. The summed E-state index contributed by atoms with van der Waals surface area (Å²) in [5.41, 5.74) is 2.20. The molecule has 1 aromatic rings. The fourth-order valence-electron chi connectivity index (χ4n) is 2.67. The van der Waals surface area contributed by atoms with Crippen LogP contribution in [-0.2, 0) is 17.7 Å². The van der Waals surface area contributed by atoms with Crippen LogP contribution in [0.2, 0.25) is 0 Å². The van der Waals surface area contributed by atoms with Crippen LogP contribution in [0.1, 0.15) is 48.2 Å². The van der Waals surface area contributed by atoms with Crippen molar-refractivity contribution in [1.29, 1.82) is 0 Å². The van der Waals surface area contributed by atoms with Crippen molar-refractivity contribution in [2.75, 3.05) is 13.2 Å². The number of hydrogen-bond acceptors (Lipinski definition) is 2. The van der Waals surface area contributed by atoms with Gasteiger partial charge in [0.05, 0.1) is 0 Å². The number of Topliss-reactive ketones (excluding diaryl/α,β-unsaturated/α-hetero) is 1. The highest BCUT2D eigenvalue weighted by molar-refractivity contribution is 5.98. The number of aromatic nitrogens is 1. The standard InChI is InChI=1S/C15H21NO2/c17-15-4-1-3-14-13(15)7-9-16(14)8-2-10-18-11-12-5-6-12/h7,9,12H,1-6,8,10-11H2. The Morgan fingerprint density at radius 3 is 3.06 bits per heavy atom. The molecule has 2 aliphatic carbocycles. The molecule has 3 rings (SSSR count). The highest BCUT2D eigenvalue weighted by atomic mass is 16.5. The summed E-state index contributed by atoms with van der Waals surface area (Å²) in [7, 11) is 0. The molecule has 3 nitrogen and oxygen atoms in total. The molecule has 0 radical (unpaired) electrons. The number of aryl methyl sites for hydroxylation is 1. The largest absolute Gasteiger partial charge is 0.381 e. The zero-order valence-electron chi connectivity index (χ0n) is 10.9. The second kappa shape index (κ2) is 5.27. The van der Waals surface area contributed by atoms with E-state index in [4.69, 9.17) is 4.74 Å². The van der Waals surface area contributed by atoms with Gasteiger partial charge in [0.2, 0.25) is 0 Å². The number of nitrogens with zero attached hydrogens (tertiary/aromatic N) is 1. The Bertz CT molecular complexity index is 432. The van der Waals surface area contributed by atoms with Crippen LogP contribution in [0.25, 0.3) is 0 Å². The molecule has 0 N–H and O–H groups in total. The summed E-state index contributed by atoms with van der Waals surface area (Å²) >= 11 is 0. The van der Waals surface area contributed by atoms with E-state index in [1.807, 2.05) is 6.07 Å². The van der Waals surface area contributed by atoms with E-state index >= 15 is 0 Å². The summed E-state index contributed by atoms with van der Waals surface area (Å²) in [5, 5.41) is 0. The highest BCUT2D eigenvalue weighted by Crippen LogP contribution is 2.28. The monoisotopic (exact) mass is 247 g/mol. The molecule has 3 heteroatoms. The van der Waals surface area contributed by atoms with E-state index in [0.29, 0.717) is 5.78 Å². The second-order valence-electron chi connectivity index (χ2n) is 5.52. The molecule has 0 saturated heterocycles. The fourth-order valence-corrected chi connectivity index (χ4v) is 2.67. The molecule has 0 unspecified atom stereocenters. The molecule has 1 fully saturated rings. The number of ether oxygens (including phenoxy) is 1. The van der Waals surface area contributed by atoms with Gasteiger partial charge in [0.25, 0.3) is 0 Å². The van der Waals surface area contributed by atoms with Crippen molar-refractivity contribution < 1.29 is 9.53 Å². The molecule has 1 saturated carbocycles. The first-order valence-corrected chi connectivity index (χ1v) is 7.13. The maximum atomic E-state index is 11.7. The predicted octanol–water partition coefficient (Wildman–Crippen LogP) is 2.82. The van der Waals surface area contributed by atoms with Crippen LogP contribution < -0.4 is 0 Å². The zero-order chi connectivity index (χ0) is 12.4. The van der Waals surface area contributed by atoms with Gasteiger partial charge in [-0.1, -0.05) is 0 Å². The normalized spacial score (nSPS) is 19.0. The first kappa shape index (κ1) is 12.0. The second-order valence-corrected chi connectivity index (χ2v) is 5.52. The zero-order valence-corrected chi connectivity index (χ0v) is 10.9. The van der Waals surface area contributed by atoms with Crippen LogP contribution in [0.15, 0.2) is 12.3 Å². The van der Waals surface area contributed by atoms with Gasteiger partial charge in [-0.05, 0) is 44.1 Å². The van der Waals surface area contributed by atoms with Gasteiger partial charge < -0.3 is 9.30 Å². The van der Waals surface area contributed by atoms with Crippen LogP contribution in [0.4, 0.5) is 0 Å². The number of carbonyl (C=O) groups excluding carboxylic acids is 1. The highest BCUT2D eigenvalue weighted by Gasteiger charge is 2.21. The third-order valence-corrected chi connectivity index (χ3v) is 3.93. The van der Waals surface area contributed by atoms with E-state index in [0.717, 1.165) is 56.9 Å². The van der Waals surface area contributed by atoms with Crippen molar-refractivity contribution in [3.05, 3.63) is 23.5 Å². The maximum Gasteiger partial charge on any atom is 0.164 e. The molecule has 0 aliphatic heterocycles. The van der Waals surface area contributed by atoms with E-state index in [2.05, 4.69) is 10.8 Å². The Morgan fingerprint density at radius 2 is 2.22 bits per heavy atom. The fraction of sp³-hybridized carbons (Fsp3) is 0.667. The number of hydrogen-bond donors (Lipinski definition) is 0. The summed E-state index contributed by atoms with van der Waals surface area (Å²) in [4.78, 5) is 11.7. The molecule has 98 valence electrons. The van der Waals surface area contributed by atoms with E-state index in [-0.39, 0.29) is 0 Å². The molecule has 1 aromatic heterocycles. The van der Waals surface area contributed by atoms with Gasteiger partial charge in [0.1, 0.15) is 0 Å². The average molecular weight is 247 g/mol. The van der Waals surface area contributed by atoms with Gasteiger partial charge in [-0.25, -0.2) is 0 Å². The van der Waals surface area contributed by atoms with Crippen LogP contribution in [0, 0.1) is 5.92 Å². The van der Waals surface area contributed by atoms with E-state index in [1.165, 1.54) is 18.5 Å². The maximum absolute atomic E-state index is 11.7. The lowest BCUT2D eigenvalue weighted by Crippen LogP contribution is -2.13. The third-order valence-electron chi connectivity index (χ3n) is 3.93. The van der Waals surface area contributed by atoms with Crippen molar-refractivity contribution in [3.63, 3.8) is 0 Å². The molecule has 0 amide bonds. The van der Waals surface area contributed by atoms with Gasteiger partial charge in [0, 0.05) is 43.6 Å². The topological polar surface area (TPSA) is 31.2 Å². The molecule has 2 aliphatic rings. The number of carbonyl (C=O) groups is 1. The summed E-state index contributed by atoms with van der Waals surface area (Å²) < 4.78 is 7.88. The van der Waals surface area contributed by atoms with Gasteiger partial charge in [-0.2, -0.15) is 0 Å². The van der Waals surface area contributed by atoms with Crippen molar-refractivity contribution in [1.82, 2.24) is 4.57 Å². The average Bonchev–Trinajstić information content (AvgIpc) is 3.10. The first-order valence-electron chi connectivity index (χ1n) is 7.13. The molecule has 0 atom stereocenters. The van der Waals surface area contributed by atoms with Gasteiger partial charge in [-0.3, -0.25) is 4.79 Å². The first-order chi connectivity index (χ1) is 8.84. The van der Waals surface area contributed by atoms with Gasteiger partial charge in [0.15, 0.2) is 5.78 Å². The van der Waals surface area contributed by atoms with Crippen LogP contribution >= 0.6 is 0 Å². The molecule has 0 aromatic carbocycles. The molecule has 0 bridgehead atoms. The Kier molecular flexibility index (Phi) is 3.50. The lowest BCUT2D eigenvalue weighted by atomic mass is 9.97. The molecule has 1 heterocycles. The third kappa shape index (κ3) is 2.66. The van der Waals surface area contributed by atoms with Crippen molar-refractivity contribution >= 4 is 5.78 Å². The minimum absolute atomic E-state index is 0.319. The summed E-state index contributed by atoms with van der Waals surface area (Å²) in [5.74, 6) is 1.17. The van der Waals surface area contributed by atoms with Crippen molar-refractivity contribution in [2.45, 2.75) is 45.1 Å². The van der Waals surface area contributed by atoms with Crippen LogP contribution in [0.5, 0.6) is 0 Å². The van der Waals surface area contributed by atoms with Crippen molar-refractivity contribution in [2.24, 2.45) is 5.92 Å².